The molecule has 1 aromatic carbocycles. The number of benzene rings is 1. The molecule has 0 unspecified atom stereocenters. The average Bonchev–Trinajstić information content (AvgIpc) is 3.06. The van der Waals surface area contributed by atoms with Gasteiger partial charge < -0.3 is 9.84 Å². The van der Waals surface area contributed by atoms with Crippen LogP contribution in [0.3, 0.4) is 0 Å². The minimum atomic E-state index is -0.965. The largest absolute Gasteiger partial charge is 0.482 e. The zero-order valence-corrected chi connectivity index (χ0v) is 9.87. The monoisotopic (exact) mass is 249 g/mol. The number of ether oxygens (including phenoxy) is 1. The molecule has 17 heavy (non-hydrogen) atoms. The van der Waals surface area contributed by atoms with Gasteiger partial charge in [0.2, 0.25) is 0 Å². The van der Waals surface area contributed by atoms with Gasteiger partial charge in [0, 0.05) is 5.92 Å². The van der Waals surface area contributed by atoms with E-state index in [1.807, 2.05) is 12.1 Å². The van der Waals surface area contributed by atoms with Gasteiger partial charge in [0.15, 0.2) is 6.61 Å². The standard InChI is InChI=1S/C12H11NO3S/c14-11(15)6-16-8-3-4-9-10(5-8)17-12(13-9)7-1-2-7/h3-5,7H,1-2,6H2,(H,14,15). The van der Waals surface area contributed by atoms with Gasteiger partial charge in [0.1, 0.15) is 5.75 Å². The maximum atomic E-state index is 10.4. The molecule has 1 N–H and O–H groups in total. The van der Waals surface area contributed by atoms with Crippen molar-refractivity contribution in [3.63, 3.8) is 0 Å². The van der Waals surface area contributed by atoms with Gasteiger partial charge >= 0.3 is 5.97 Å². The summed E-state index contributed by atoms with van der Waals surface area (Å²) in [6.07, 6.45) is 2.48. The smallest absolute Gasteiger partial charge is 0.341 e. The third-order valence-corrected chi connectivity index (χ3v) is 3.85. The van der Waals surface area contributed by atoms with Crippen LogP contribution >= 0.6 is 11.3 Å². The lowest BCUT2D eigenvalue weighted by Gasteiger charge is -2.01. The molecule has 0 radical (unpaired) electrons. The van der Waals surface area contributed by atoms with Crippen molar-refractivity contribution in [2.45, 2.75) is 18.8 Å². The van der Waals surface area contributed by atoms with Crippen LogP contribution < -0.4 is 4.74 Å². The lowest BCUT2D eigenvalue weighted by molar-refractivity contribution is -0.139. The molecule has 1 aromatic heterocycles. The minimum Gasteiger partial charge on any atom is -0.482 e. The van der Waals surface area contributed by atoms with Gasteiger partial charge in [-0.25, -0.2) is 9.78 Å². The molecule has 0 aliphatic heterocycles. The molecule has 0 saturated heterocycles. The molecule has 3 rings (SSSR count). The lowest BCUT2D eigenvalue weighted by Crippen LogP contribution is -2.09. The van der Waals surface area contributed by atoms with Crippen LogP contribution in [0.1, 0.15) is 23.8 Å². The first-order valence-corrected chi connectivity index (χ1v) is 6.29. The molecule has 0 spiro atoms. The summed E-state index contributed by atoms with van der Waals surface area (Å²) in [6.45, 7) is -0.306. The molecule has 1 heterocycles. The van der Waals surface area contributed by atoms with E-state index >= 15 is 0 Å². The highest BCUT2D eigenvalue weighted by Gasteiger charge is 2.26. The van der Waals surface area contributed by atoms with Crippen molar-refractivity contribution in [2.24, 2.45) is 0 Å². The zero-order valence-electron chi connectivity index (χ0n) is 9.05. The number of carbonyl (C=O) groups is 1. The van der Waals surface area contributed by atoms with Crippen molar-refractivity contribution < 1.29 is 14.6 Å². The number of carboxylic acid groups (broad SMARTS) is 1. The van der Waals surface area contributed by atoms with Gasteiger partial charge in [-0.15, -0.1) is 11.3 Å². The van der Waals surface area contributed by atoms with Crippen LogP contribution in [0.15, 0.2) is 18.2 Å². The normalized spacial score (nSPS) is 15.1. The maximum Gasteiger partial charge on any atom is 0.341 e. The van der Waals surface area contributed by atoms with Gasteiger partial charge in [-0.2, -0.15) is 0 Å². The number of carboxylic acids is 1. The number of nitrogens with zero attached hydrogens (tertiary/aromatic N) is 1. The van der Waals surface area contributed by atoms with E-state index in [0.717, 1.165) is 10.2 Å². The molecule has 88 valence electrons. The molecule has 1 saturated carbocycles. The molecule has 4 nitrogen and oxygen atoms in total. The summed E-state index contributed by atoms with van der Waals surface area (Å²) in [7, 11) is 0. The van der Waals surface area contributed by atoms with E-state index in [9.17, 15) is 4.79 Å². The fourth-order valence-electron chi connectivity index (χ4n) is 1.66. The summed E-state index contributed by atoms with van der Waals surface area (Å²) in [5.74, 6) is 0.273. The lowest BCUT2D eigenvalue weighted by atomic mass is 10.3. The van der Waals surface area contributed by atoms with Crippen LogP contribution in [0.2, 0.25) is 0 Å². The molecule has 0 bridgehead atoms. The van der Waals surface area contributed by atoms with Crippen molar-refractivity contribution in [1.82, 2.24) is 4.98 Å². The van der Waals surface area contributed by atoms with Crippen molar-refractivity contribution in [3.05, 3.63) is 23.2 Å². The van der Waals surface area contributed by atoms with Gasteiger partial charge in [0.05, 0.1) is 15.2 Å². The quantitative estimate of drug-likeness (QED) is 0.904. The summed E-state index contributed by atoms with van der Waals surface area (Å²) in [4.78, 5) is 15.0. The summed E-state index contributed by atoms with van der Waals surface area (Å²) < 4.78 is 6.20. The van der Waals surface area contributed by atoms with E-state index in [-0.39, 0.29) is 6.61 Å². The van der Waals surface area contributed by atoms with Crippen LogP contribution in [-0.2, 0) is 4.79 Å². The Bertz CT molecular complexity index is 574. The maximum absolute atomic E-state index is 10.4. The fraction of sp³-hybridized carbons (Fsp3) is 0.333. The van der Waals surface area contributed by atoms with Crippen LogP contribution in [0.25, 0.3) is 10.2 Å². The van der Waals surface area contributed by atoms with Gasteiger partial charge in [-0.1, -0.05) is 0 Å². The number of fused-ring (bicyclic) bond motifs is 1. The molecule has 0 atom stereocenters. The van der Waals surface area contributed by atoms with Crippen LogP contribution in [0.5, 0.6) is 5.75 Å². The number of hydrogen-bond acceptors (Lipinski definition) is 4. The highest BCUT2D eigenvalue weighted by molar-refractivity contribution is 7.18. The second-order valence-corrected chi connectivity index (χ2v) is 5.20. The number of hydrogen-bond donors (Lipinski definition) is 1. The predicted molar refractivity (Wildman–Crippen MR) is 64.7 cm³/mol. The number of aliphatic carboxylic acids is 1. The Balaban J connectivity index is 1.86. The van der Waals surface area contributed by atoms with E-state index < -0.39 is 5.97 Å². The van der Waals surface area contributed by atoms with E-state index in [0.29, 0.717) is 11.7 Å². The van der Waals surface area contributed by atoms with E-state index in [1.54, 1.807) is 17.4 Å². The zero-order chi connectivity index (χ0) is 11.8. The Kier molecular flexibility index (Phi) is 2.48. The van der Waals surface area contributed by atoms with E-state index in [1.165, 1.54) is 17.8 Å². The Labute approximate surface area is 102 Å². The fourth-order valence-corrected chi connectivity index (χ4v) is 2.83. The van der Waals surface area contributed by atoms with E-state index in [2.05, 4.69) is 4.98 Å². The first-order chi connectivity index (χ1) is 8.22. The summed E-state index contributed by atoms with van der Waals surface area (Å²) >= 11 is 1.68. The highest BCUT2D eigenvalue weighted by atomic mass is 32.1. The molecule has 1 aliphatic rings. The van der Waals surface area contributed by atoms with E-state index in [4.69, 9.17) is 9.84 Å². The Morgan fingerprint density at radius 3 is 3.06 bits per heavy atom. The summed E-state index contributed by atoms with van der Waals surface area (Å²) in [5, 5.41) is 9.73. The summed E-state index contributed by atoms with van der Waals surface area (Å²) in [6, 6.07) is 5.51. The Morgan fingerprint density at radius 2 is 2.35 bits per heavy atom. The molecule has 5 heteroatoms. The van der Waals surface area contributed by atoms with Crippen molar-refractivity contribution >= 4 is 27.5 Å². The third kappa shape index (κ3) is 2.24. The molecule has 1 aliphatic carbocycles. The highest BCUT2D eigenvalue weighted by Crippen LogP contribution is 2.43. The average molecular weight is 249 g/mol. The molecular weight excluding hydrogens is 238 g/mol. The molecule has 2 aromatic rings. The van der Waals surface area contributed by atoms with Gasteiger partial charge in [-0.3, -0.25) is 0 Å². The van der Waals surface area contributed by atoms with Gasteiger partial charge in [-0.05, 0) is 31.0 Å². The predicted octanol–water partition coefficient (Wildman–Crippen LogP) is 2.64. The second kappa shape index (κ2) is 4.00. The third-order valence-electron chi connectivity index (χ3n) is 2.67. The molecule has 0 amide bonds. The van der Waals surface area contributed by atoms with Crippen LogP contribution in [-0.4, -0.2) is 22.7 Å². The Hall–Kier alpha value is -1.62. The SMILES string of the molecule is O=C(O)COc1ccc2nc(C3CC3)sc2c1. The number of aromatic nitrogens is 1. The first-order valence-electron chi connectivity index (χ1n) is 5.47. The minimum absolute atomic E-state index is 0.306. The summed E-state index contributed by atoms with van der Waals surface area (Å²) in [5.41, 5.74) is 0.972. The second-order valence-electron chi connectivity index (χ2n) is 4.14. The van der Waals surface area contributed by atoms with Crippen molar-refractivity contribution in [3.8, 4) is 5.75 Å². The van der Waals surface area contributed by atoms with Gasteiger partial charge in [0.25, 0.3) is 0 Å². The Morgan fingerprint density at radius 1 is 1.53 bits per heavy atom. The van der Waals surface area contributed by atoms with Crippen LogP contribution in [0.4, 0.5) is 0 Å². The van der Waals surface area contributed by atoms with Crippen molar-refractivity contribution in [2.75, 3.05) is 6.61 Å². The van der Waals surface area contributed by atoms with Crippen LogP contribution in [0, 0.1) is 0 Å². The molecular formula is C12H11NO3S. The molecule has 1 fully saturated rings. The van der Waals surface area contributed by atoms with Crippen molar-refractivity contribution in [1.29, 1.82) is 0 Å². The number of rotatable bonds is 4. The number of thiazole rings is 1. The topological polar surface area (TPSA) is 59.4 Å². The first kappa shape index (κ1) is 10.5.